The molecule has 2 aromatic rings. The fourth-order valence-corrected chi connectivity index (χ4v) is 1.79. The van der Waals surface area contributed by atoms with E-state index < -0.39 is 0 Å². The number of nitrogens with one attached hydrogen (secondary N) is 2. The molecule has 0 radical (unpaired) electrons. The number of carbonyl (C=O) groups excluding carboxylic acids is 2. The normalized spacial score (nSPS) is 10.2. The number of carbonyl (C=O) groups is 2. The van der Waals surface area contributed by atoms with Crippen LogP contribution in [-0.4, -0.2) is 21.2 Å². The van der Waals surface area contributed by atoms with Crippen molar-refractivity contribution in [1.82, 2.24) is 9.35 Å². The number of aromatic nitrogens is 2. The molecule has 106 valence electrons. The average Bonchev–Trinajstić information content (AvgIpc) is 3.08. The van der Waals surface area contributed by atoms with Gasteiger partial charge in [-0.05, 0) is 37.1 Å². The monoisotopic (exact) mass is 274 g/mol. The highest BCUT2D eigenvalue weighted by Gasteiger charge is 2.04. The lowest BCUT2D eigenvalue weighted by atomic mass is 10.2. The number of rotatable bonds is 7. The molecular weight excluding hydrogens is 256 g/mol. The topological polar surface area (TPSA) is 68.1 Å². The quantitative estimate of drug-likeness (QED) is 0.754. The molecule has 0 saturated carbocycles. The Labute approximate surface area is 117 Å². The van der Waals surface area contributed by atoms with Crippen LogP contribution in [0.15, 0.2) is 49.1 Å². The van der Waals surface area contributed by atoms with Crippen molar-refractivity contribution in [2.24, 2.45) is 0 Å². The number of hydrogen-bond donors (Lipinski definition) is 2. The van der Waals surface area contributed by atoms with E-state index in [9.17, 15) is 9.59 Å². The van der Waals surface area contributed by atoms with Gasteiger partial charge in [0.2, 0.25) is 11.8 Å². The van der Waals surface area contributed by atoms with Crippen LogP contribution < -0.4 is 10.9 Å². The van der Waals surface area contributed by atoms with Crippen LogP contribution in [0.4, 0.5) is 0 Å². The van der Waals surface area contributed by atoms with E-state index in [4.69, 9.17) is 0 Å². The van der Waals surface area contributed by atoms with Crippen molar-refractivity contribution in [2.75, 3.05) is 10.9 Å². The smallest absolute Gasteiger partial charge is 0.238 e. The zero-order valence-corrected chi connectivity index (χ0v) is 11.2. The summed E-state index contributed by atoms with van der Waals surface area (Å²) >= 11 is 0. The summed E-state index contributed by atoms with van der Waals surface area (Å²) in [7, 11) is 0. The predicted octanol–water partition coefficient (Wildman–Crippen LogP) is 1.69. The van der Waals surface area contributed by atoms with Gasteiger partial charge in [-0.3, -0.25) is 29.8 Å². The first-order valence-electron chi connectivity index (χ1n) is 6.60. The summed E-state index contributed by atoms with van der Waals surface area (Å²) in [4.78, 5) is 23.1. The summed E-state index contributed by atoms with van der Waals surface area (Å²) in [5.74, 6) is -0.0981. The Morgan fingerprint density at radius 3 is 1.40 bits per heavy atom. The molecule has 0 unspecified atom stereocenters. The number of amides is 2. The van der Waals surface area contributed by atoms with Crippen molar-refractivity contribution < 1.29 is 9.59 Å². The molecule has 0 bridgehead atoms. The maximum absolute atomic E-state index is 11.6. The van der Waals surface area contributed by atoms with Gasteiger partial charge >= 0.3 is 0 Å². The van der Waals surface area contributed by atoms with Gasteiger partial charge in [0.25, 0.3) is 0 Å². The first-order chi connectivity index (χ1) is 9.74. The van der Waals surface area contributed by atoms with Crippen molar-refractivity contribution in [1.29, 1.82) is 0 Å². The molecule has 0 fully saturated rings. The third kappa shape index (κ3) is 4.64. The number of unbranched alkanes of at least 4 members (excludes halogenated alkanes) is 1. The zero-order chi connectivity index (χ0) is 14.2. The van der Waals surface area contributed by atoms with Gasteiger partial charge < -0.3 is 0 Å². The van der Waals surface area contributed by atoms with Crippen LogP contribution >= 0.6 is 0 Å². The molecule has 20 heavy (non-hydrogen) atoms. The van der Waals surface area contributed by atoms with E-state index in [0.29, 0.717) is 25.7 Å². The van der Waals surface area contributed by atoms with Crippen LogP contribution in [0.3, 0.4) is 0 Å². The SMILES string of the molecule is O=C(CCCCC(=O)Nn1cccc1)Nn1cccc1. The van der Waals surface area contributed by atoms with Gasteiger partial charge in [0.05, 0.1) is 0 Å². The van der Waals surface area contributed by atoms with Crippen molar-refractivity contribution in [3.8, 4) is 0 Å². The van der Waals surface area contributed by atoms with Crippen molar-refractivity contribution >= 4 is 11.8 Å². The Kier molecular flexibility index (Phi) is 5.00. The second kappa shape index (κ2) is 7.18. The first-order valence-corrected chi connectivity index (χ1v) is 6.60. The fourth-order valence-electron chi connectivity index (χ4n) is 1.79. The van der Waals surface area contributed by atoms with Crippen molar-refractivity contribution in [3.05, 3.63) is 49.1 Å². The van der Waals surface area contributed by atoms with Crippen molar-refractivity contribution in [3.63, 3.8) is 0 Å². The number of nitrogens with zero attached hydrogens (tertiary/aromatic N) is 2. The summed E-state index contributed by atoms with van der Waals surface area (Å²) in [6, 6.07) is 7.36. The lowest BCUT2D eigenvalue weighted by molar-refractivity contribution is -0.119. The molecule has 6 heteroatoms. The van der Waals surface area contributed by atoms with Crippen LogP contribution in [0, 0.1) is 0 Å². The van der Waals surface area contributed by atoms with Gasteiger partial charge in [-0.25, -0.2) is 0 Å². The van der Waals surface area contributed by atoms with Crippen LogP contribution in [0.5, 0.6) is 0 Å². The van der Waals surface area contributed by atoms with Crippen molar-refractivity contribution in [2.45, 2.75) is 25.7 Å². The molecule has 0 aliphatic heterocycles. The molecule has 0 aromatic carbocycles. The van der Waals surface area contributed by atoms with E-state index in [1.165, 1.54) is 0 Å². The molecule has 2 N–H and O–H groups in total. The van der Waals surface area contributed by atoms with Gasteiger partial charge in [0.15, 0.2) is 0 Å². The molecule has 2 amide bonds. The molecule has 0 atom stereocenters. The minimum atomic E-state index is -0.0491. The Bertz CT molecular complexity index is 481. The highest BCUT2D eigenvalue weighted by Crippen LogP contribution is 2.01. The minimum absolute atomic E-state index is 0.0491. The van der Waals surface area contributed by atoms with E-state index >= 15 is 0 Å². The van der Waals surface area contributed by atoms with E-state index in [0.717, 1.165) is 0 Å². The van der Waals surface area contributed by atoms with E-state index in [-0.39, 0.29) is 11.8 Å². The van der Waals surface area contributed by atoms with Gasteiger partial charge in [-0.15, -0.1) is 0 Å². The fraction of sp³-hybridized carbons (Fsp3) is 0.286. The van der Waals surface area contributed by atoms with Gasteiger partial charge in [-0.2, -0.15) is 0 Å². The van der Waals surface area contributed by atoms with E-state index in [1.807, 2.05) is 24.3 Å². The zero-order valence-electron chi connectivity index (χ0n) is 11.2. The second-order valence-electron chi connectivity index (χ2n) is 4.46. The first kappa shape index (κ1) is 13.9. The average molecular weight is 274 g/mol. The highest BCUT2D eigenvalue weighted by molar-refractivity contribution is 5.84. The molecule has 2 aromatic heterocycles. The Balaban J connectivity index is 1.57. The summed E-state index contributed by atoms with van der Waals surface area (Å²) in [5.41, 5.74) is 5.44. The molecule has 0 spiro atoms. The molecule has 0 aliphatic carbocycles. The maximum Gasteiger partial charge on any atom is 0.238 e. The summed E-state index contributed by atoms with van der Waals surface area (Å²) in [5, 5.41) is 0. The Morgan fingerprint density at radius 1 is 0.700 bits per heavy atom. The molecule has 6 nitrogen and oxygen atoms in total. The van der Waals surface area contributed by atoms with Crippen LogP contribution in [-0.2, 0) is 9.59 Å². The summed E-state index contributed by atoms with van der Waals surface area (Å²) < 4.78 is 3.22. The molecular formula is C14H18N4O2. The lowest BCUT2D eigenvalue weighted by Gasteiger charge is -2.07. The maximum atomic E-state index is 11.6. The summed E-state index contributed by atoms with van der Waals surface area (Å²) in [6.45, 7) is 0. The van der Waals surface area contributed by atoms with Gasteiger partial charge in [0, 0.05) is 37.6 Å². The molecule has 0 saturated heterocycles. The van der Waals surface area contributed by atoms with E-state index in [1.54, 1.807) is 34.1 Å². The Hall–Kier alpha value is -2.50. The lowest BCUT2D eigenvalue weighted by Crippen LogP contribution is -2.22. The predicted molar refractivity (Wildman–Crippen MR) is 76.1 cm³/mol. The van der Waals surface area contributed by atoms with Crippen LogP contribution in [0.25, 0.3) is 0 Å². The number of hydrogen-bond acceptors (Lipinski definition) is 2. The van der Waals surface area contributed by atoms with Gasteiger partial charge in [-0.1, -0.05) is 0 Å². The van der Waals surface area contributed by atoms with Crippen LogP contribution in [0.2, 0.25) is 0 Å². The third-order valence-corrected chi connectivity index (χ3v) is 2.77. The second-order valence-corrected chi connectivity index (χ2v) is 4.46. The highest BCUT2D eigenvalue weighted by atomic mass is 16.2. The summed E-state index contributed by atoms with van der Waals surface area (Å²) in [6.07, 6.45) is 9.26. The van der Waals surface area contributed by atoms with Gasteiger partial charge in [0.1, 0.15) is 0 Å². The van der Waals surface area contributed by atoms with E-state index in [2.05, 4.69) is 10.9 Å². The molecule has 2 heterocycles. The van der Waals surface area contributed by atoms with Crippen LogP contribution in [0.1, 0.15) is 25.7 Å². The Morgan fingerprint density at radius 2 is 1.05 bits per heavy atom. The largest absolute Gasteiger partial charge is 0.273 e. The molecule has 0 aliphatic rings. The standard InChI is InChI=1S/C14H18N4O2/c19-13(15-17-9-3-4-10-17)7-1-2-8-14(20)16-18-11-5-6-12-18/h3-6,9-12H,1-2,7-8H2,(H,15,19)(H,16,20). The minimum Gasteiger partial charge on any atom is -0.273 e. The molecule has 2 rings (SSSR count). The third-order valence-electron chi connectivity index (χ3n) is 2.77.